The average molecular weight is 509 g/mol. The molecule has 38 heavy (non-hydrogen) atoms. The highest BCUT2D eigenvalue weighted by molar-refractivity contribution is 6.06. The number of anilines is 1. The largest absolute Gasteiger partial charge is 0.370 e. The van der Waals surface area contributed by atoms with Gasteiger partial charge in [0.2, 0.25) is 0 Å². The van der Waals surface area contributed by atoms with Crippen molar-refractivity contribution >= 4 is 17.1 Å². The Bertz CT molecular complexity index is 1290. The van der Waals surface area contributed by atoms with Gasteiger partial charge in [0.05, 0.1) is 46.2 Å². The van der Waals surface area contributed by atoms with Gasteiger partial charge in [-0.3, -0.25) is 9.99 Å². The normalized spacial score (nSPS) is 23.8. The van der Waals surface area contributed by atoms with E-state index in [1.165, 1.54) is 55.5 Å². The number of nitriles is 1. The molecule has 0 N–H and O–H groups in total. The van der Waals surface area contributed by atoms with E-state index in [2.05, 4.69) is 65.8 Å². The highest BCUT2D eigenvalue weighted by Gasteiger charge is 2.46. The maximum atomic E-state index is 9.45. The van der Waals surface area contributed by atoms with Crippen LogP contribution in [0.15, 0.2) is 42.0 Å². The van der Waals surface area contributed by atoms with Crippen LogP contribution in [0.1, 0.15) is 73.0 Å². The number of rotatable bonds is 5. The molecule has 2 atom stereocenters. The minimum absolute atomic E-state index is 0.389. The standard InChI is InChI=1S/C32H40N6/c1-21-19-26(10-9-24(21)20-33)38-32(23-7-5-6-8-23)28-12-14-30-27(31(28)35-38)11-13-29(34-30)22(2)37-17-15-25(16-18-37)36(3)4/h9-11,13,19,23,25,28,32H,2,5-8,12,14-18H2,1,3-4H3. The van der Waals surface area contributed by atoms with Crippen molar-refractivity contribution in [3.8, 4) is 6.07 Å². The summed E-state index contributed by atoms with van der Waals surface area (Å²) >= 11 is 0. The van der Waals surface area contributed by atoms with Crippen molar-refractivity contribution in [2.75, 3.05) is 32.2 Å². The maximum absolute atomic E-state index is 9.45. The molecule has 2 fully saturated rings. The summed E-state index contributed by atoms with van der Waals surface area (Å²) < 4.78 is 0. The van der Waals surface area contributed by atoms with Crippen LogP contribution in [-0.4, -0.2) is 59.8 Å². The number of pyridine rings is 1. The van der Waals surface area contributed by atoms with Gasteiger partial charge in [-0.15, -0.1) is 0 Å². The van der Waals surface area contributed by atoms with Gasteiger partial charge in [-0.05, 0) is 101 Å². The molecule has 2 aliphatic heterocycles. The van der Waals surface area contributed by atoms with Crippen molar-refractivity contribution in [3.63, 3.8) is 0 Å². The molecule has 1 saturated carbocycles. The molecule has 0 spiro atoms. The van der Waals surface area contributed by atoms with Crippen molar-refractivity contribution in [1.82, 2.24) is 14.8 Å². The van der Waals surface area contributed by atoms with E-state index in [1.54, 1.807) is 0 Å². The summed E-state index contributed by atoms with van der Waals surface area (Å²) in [6.07, 6.45) is 9.62. The minimum atomic E-state index is 0.389. The fraction of sp³-hybridized carbons (Fsp3) is 0.531. The second-order valence-corrected chi connectivity index (χ2v) is 11.9. The number of hydrogen-bond donors (Lipinski definition) is 0. The lowest BCUT2D eigenvalue weighted by Gasteiger charge is -2.37. The van der Waals surface area contributed by atoms with Crippen molar-refractivity contribution in [2.45, 2.75) is 70.4 Å². The van der Waals surface area contributed by atoms with Crippen LogP contribution in [0.2, 0.25) is 0 Å². The van der Waals surface area contributed by atoms with Gasteiger partial charge in [0.25, 0.3) is 0 Å². The number of piperidine rings is 1. The SMILES string of the molecule is C=C(c1ccc2c(n1)CCC1C2=NN(c2ccc(C#N)c(C)c2)C1C1CCCC1)N1CCC(N(C)C)CC1. The second kappa shape index (κ2) is 10.2. The van der Waals surface area contributed by atoms with E-state index in [1.807, 2.05) is 13.0 Å². The Morgan fingerprint density at radius 3 is 2.50 bits per heavy atom. The van der Waals surface area contributed by atoms with Crippen LogP contribution in [0.4, 0.5) is 5.69 Å². The van der Waals surface area contributed by atoms with E-state index in [-0.39, 0.29) is 0 Å². The van der Waals surface area contributed by atoms with Crippen LogP contribution < -0.4 is 5.01 Å². The Labute approximate surface area is 227 Å². The van der Waals surface area contributed by atoms with Crippen LogP contribution in [0, 0.1) is 30.1 Å². The van der Waals surface area contributed by atoms with Crippen LogP contribution in [0.25, 0.3) is 5.70 Å². The maximum Gasteiger partial charge on any atom is 0.0994 e. The van der Waals surface area contributed by atoms with Crippen LogP contribution in [0.3, 0.4) is 0 Å². The Morgan fingerprint density at radius 1 is 1.05 bits per heavy atom. The summed E-state index contributed by atoms with van der Waals surface area (Å²) in [5.74, 6) is 1.10. The van der Waals surface area contributed by atoms with Gasteiger partial charge in [0.1, 0.15) is 0 Å². The number of benzene rings is 1. The molecule has 6 nitrogen and oxygen atoms in total. The van der Waals surface area contributed by atoms with Crippen molar-refractivity contribution in [3.05, 3.63) is 65.0 Å². The van der Waals surface area contributed by atoms with Crippen molar-refractivity contribution in [1.29, 1.82) is 5.26 Å². The predicted octanol–water partition coefficient (Wildman–Crippen LogP) is 5.60. The summed E-state index contributed by atoms with van der Waals surface area (Å²) in [7, 11) is 4.36. The zero-order chi connectivity index (χ0) is 26.4. The fourth-order valence-electron chi connectivity index (χ4n) is 7.32. The third kappa shape index (κ3) is 4.41. The minimum Gasteiger partial charge on any atom is -0.370 e. The molecule has 3 heterocycles. The number of likely N-dealkylation sites (tertiary alicyclic amines) is 1. The smallest absolute Gasteiger partial charge is 0.0994 e. The van der Waals surface area contributed by atoms with E-state index in [0.29, 0.717) is 23.9 Å². The topological polar surface area (TPSA) is 58.8 Å². The number of hydrazone groups is 1. The van der Waals surface area contributed by atoms with Gasteiger partial charge < -0.3 is 9.80 Å². The van der Waals surface area contributed by atoms with Crippen LogP contribution in [-0.2, 0) is 6.42 Å². The first-order chi connectivity index (χ1) is 18.4. The van der Waals surface area contributed by atoms with Crippen LogP contribution in [0.5, 0.6) is 0 Å². The first-order valence-electron chi connectivity index (χ1n) is 14.4. The Balaban J connectivity index is 1.29. The van der Waals surface area contributed by atoms with E-state index < -0.39 is 0 Å². The molecular weight excluding hydrogens is 468 g/mol. The number of aryl methyl sites for hydroxylation is 2. The number of nitrogens with zero attached hydrogens (tertiary/aromatic N) is 6. The van der Waals surface area contributed by atoms with E-state index in [0.717, 1.165) is 54.1 Å². The summed E-state index contributed by atoms with van der Waals surface area (Å²) in [5.41, 5.74) is 8.54. The average Bonchev–Trinajstić information content (AvgIpc) is 3.60. The van der Waals surface area contributed by atoms with Crippen molar-refractivity contribution < 1.29 is 0 Å². The molecule has 2 unspecified atom stereocenters. The van der Waals surface area contributed by atoms with E-state index in [4.69, 9.17) is 10.1 Å². The number of aromatic nitrogens is 1. The summed E-state index contributed by atoms with van der Waals surface area (Å²) in [6.45, 7) is 8.57. The number of hydrogen-bond acceptors (Lipinski definition) is 6. The third-order valence-electron chi connectivity index (χ3n) is 9.55. The quantitative estimate of drug-likeness (QED) is 0.526. The van der Waals surface area contributed by atoms with E-state index >= 15 is 0 Å². The second-order valence-electron chi connectivity index (χ2n) is 11.9. The molecule has 0 amide bonds. The van der Waals surface area contributed by atoms with Gasteiger partial charge in [0.15, 0.2) is 0 Å². The van der Waals surface area contributed by atoms with Gasteiger partial charge >= 0.3 is 0 Å². The zero-order valence-electron chi connectivity index (χ0n) is 23.2. The first-order valence-corrected chi connectivity index (χ1v) is 14.4. The lowest BCUT2D eigenvalue weighted by molar-refractivity contribution is 0.185. The molecule has 0 bridgehead atoms. The molecule has 6 rings (SSSR count). The summed E-state index contributed by atoms with van der Waals surface area (Å²) in [6, 6.07) is 14.0. The van der Waals surface area contributed by atoms with Crippen LogP contribution >= 0.6 is 0 Å². The molecule has 198 valence electrons. The Morgan fingerprint density at radius 2 is 1.82 bits per heavy atom. The Hall–Kier alpha value is -3.17. The monoisotopic (exact) mass is 508 g/mol. The molecule has 4 aliphatic rings. The highest BCUT2D eigenvalue weighted by Crippen LogP contribution is 2.44. The lowest BCUT2D eigenvalue weighted by Crippen LogP contribution is -2.41. The molecule has 1 saturated heterocycles. The third-order valence-corrected chi connectivity index (χ3v) is 9.55. The van der Waals surface area contributed by atoms with Gasteiger partial charge in [0, 0.05) is 30.6 Å². The highest BCUT2D eigenvalue weighted by atomic mass is 15.5. The lowest BCUT2D eigenvalue weighted by atomic mass is 9.76. The number of fused-ring (bicyclic) bond motifs is 3. The molecule has 1 aromatic carbocycles. The van der Waals surface area contributed by atoms with Crippen molar-refractivity contribution in [2.24, 2.45) is 16.9 Å². The molecule has 2 aliphatic carbocycles. The first kappa shape index (κ1) is 25.1. The van der Waals surface area contributed by atoms with Gasteiger partial charge in [-0.25, -0.2) is 0 Å². The molecule has 0 radical (unpaired) electrons. The summed E-state index contributed by atoms with van der Waals surface area (Å²) in [4.78, 5) is 9.93. The molecule has 1 aromatic heterocycles. The molecule has 2 aromatic rings. The predicted molar refractivity (Wildman–Crippen MR) is 154 cm³/mol. The zero-order valence-corrected chi connectivity index (χ0v) is 23.2. The Kier molecular flexibility index (Phi) is 6.74. The fourth-order valence-corrected chi connectivity index (χ4v) is 7.32. The van der Waals surface area contributed by atoms with E-state index in [9.17, 15) is 5.26 Å². The molecule has 6 heteroatoms. The molecular formula is C32H40N6. The summed E-state index contributed by atoms with van der Waals surface area (Å²) in [5, 5.41) is 17.1. The van der Waals surface area contributed by atoms with Gasteiger partial charge in [-0.1, -0.05) is 19.4 Å². The van der Waals surface area contributed by atoms with Gasteiger partial charge in [-0.2, -0.15) is 10.4 Å².